The van der Waals surface area contributed by atoms with Crippen LogP contribution in [0.1, 0.15) is 19.4 Å². The second kappa shape index (κ2) is 4.00. The average Bonchev–Trinajstić information content (AvgIpc) is 2.49. The number of aryl methyl sites for hydroxylation is 1. The quantitative estimate of drug-likeness (QED) is 0.677. The molecule has 0 radical (unpaired) electrons. The minimum Gasteiger partial charge on any atom is -0.508 e. The lowest BCUT2D eigenvalue weighted by molar-refractivity contribution is 0.475. The van der Waals surface area contributed by atoms with Gasteiger partial charge in [0, 0.05) is 6.07 Å². The van der Waals surface area contributed by atoms with Gasteiger partial charge in [-0.25, -0.2) is 4.79 Å². The highest BCUT2D eigenvalue weighted by Gasteiger charge is 2.04. The molecule has 2 aromatic rings. The fourth-order valence-corrected chi connectivity index (χ4v) is 1.21. The summed E-state index contributed by atoms with van der Waals surface area (Å²) < 4.78 is 4.83. The van der Waals surface area contributed by atoms with Gasteiger partial charge in [-0.05, 0) is 18.6 Å². The minimum atomic E-state index is -0.501. The molecule has 0 aliphatic carbocycles. The van der Waals surface area contributed by atoms with Crippen LogP contribution in [0, 0.1) is 6.92 Å². The Bertz CT molecular complexity index is 482. The third-order valence-electron chi connectivity index (χ3n) is 1.69. The largest absolute Gasteiger partial charge is 0.508 e. The smallest absolute Gasteiger partial charge is 0.417 e. The molecule has 4 heteroatoms. The molecule has 1 aromatic heterocycles. The maximum Gasteiger partial charge on any atom is 0.417 e. The first-order valence-electron chi connectivity index (χ1n) is 4.49. The molecule has 14 heavy (non-hydrogen) atoms. The van der Waals surface area contributed by atoms with Gasteiger partial charge in [0.25, 0.3) is 0 Å². The van der Waals surface area contributed by atoms with E-state index in [1.807, 2.05) is 13.8 Å². The molecule has 0 aliphatic rings. The van der Waals surface area contributed by atoms with Gasteiger partial charge in [0.05, 0.1) is 5.52 Å². The van der Waals surface area contributed by atoms with Crippen LogP contribution in [0.4, 0.5) is 0 Å². The molecule has 0 fully saturated rings. The van der Waals surface area contributed by atoms with Crippen molar-refractivity contribution < 1.29 is 9.52 Å². The zero-order valence-corrected chi connectivity index (χ0v) is 8.42. The van der Waals surface area contributed by atoms with Crippen molar-refractivity contribution in [3.05, 3.63) is 28.2 Å². The molecule has 4 nitrogen and oxygen atoms in total. The Labute approximate surface area is 81.2 Å². The van der Waals surface area contributed by atoms with Gasteiger partial charge in [-0.2, -0.15) is 0 Å². The molecule has 2 rings (SSSR count). The monoisotopic (exact) mass is 195 g/mol. The number of hydrogen-bond acceptors (Lipinski definition) is 3. The van der Waals surface area contributed by atoms with Crippen LogP contribution >= 0.6 is 0 Å². The lowest BCUT2D eigenvalue weighted by atomic mass is 10.2. The number of fused-ring (bicyclic) bond motifs is 1. The minimum absolute atomic E-state index is 0.122. The zero-order valence-electron chi connectivity index (χ0n) is 8.42. The van der Waals surface area contributed by atoms with E-state index < -0.39 is 5.76 Å². The SMILES string of the molecule is CC.Cc1cc(O)cc2[nH]c(=O)oc12. The molecule has 0 atom stereocenters. The lowest BCUT2D eigenvalue weighted by Gasteiger charge is -1.94. The Hall–Kier alpha value is -1.71. The van der Waals surface area contributed by atoms with Crippen molar-refractivity contribution >= 4 is 11.1 Å². The molecule has 0 saturated heterocycles. The van der Waals surface area contributed by atoms with Gasteiger partial charge in [-0.1, -0.05) is 13.8 Å². The van der Waals surface area contributed by atoms with Crippen molar-refractivity contribution in [3.8, 4) is 5.75 Å². The number of phenols is 1. The summed E-state index contributed by atoms with van der Waals surface area (Å²) >= 11 is 0. The van der Waals surface area contributed by atoms with Crippen molar-refractivity contribution in [1.29, 1.82) is 0 Å². The highest BCUT2D eigenvalue weighted by Crippen LogP contribution is 2.21. The number of hydrogen-bond donors (Lipinski definition) is 2. The topological polar surface area (TPSA) is 66.2 Å². The Morgan fingerprint density at radius 2 is 2.00 bits per heavy atom. The molecule has 76 valence electrons. The molecule has 0 spiro atoms. The van der Waals surface area contributed by atoms with E-state index in [-0.39, 0.29) is 5.75 Å². The van der Waals surface area contributed by atoms with E-state index in [4.69, 9.17) is 9.52 Å². The number of oxazole rings is 1. The van der Waals surface area contributed by atoms with Crippen molar-refractivity contribution in [1.82, 2.24) is 4.98 Å². The number of benzene rings is 1. The molecule has 0 unspecified atom stereocenters. The number of H-pyrrole nitrogens is 1. The Morgan fingerprint density at radius 3 is 2.64 bits per heavy atom. The molecule has 0 saturated carbocycles. The van der Waals surface area contributed by atoms with Crippen LogP contribution in [0.2, 0.25) is 0 Å². The van der Waals surface area contributed by atoms with Crippen LogP contribution in [-0.4, -0.2) is 10.1 Å². The fraction of sp³-hybridized carbons (Fsp3) is 0.300. The maximum absolute atomic E-state index is 10.7. The van der Waals surface area contributed by atoms with Gasteiger partial charge in [0.1, 0.15) is 5.75 Å². The van der Waals surface area contributed by atoms with Crippen LogP contribution in [0.15, 0.2) is 21.3 Å². The van der Waals surface area contributed by atoms with Crippen LogP contribution < -0.4 is 5.76 Å². The maximum atomic E-state index is 10.7. The van der Waals surface area contributed by atoms with Gasteiger partial charge in [0.15, 0.2) is 5.58 Å². The lowest BCUT2D eigenvalue weighted by Crippen LogP contribution is -1.92. The van der Waals surface area contributed by atoms with E-state index in [1.165, 1.54) is 6.07 Å². The number of aromatic nitrogens is 1. The van der Waals surface area contributed by atoms with E-state index in [2.05, 4.69) is 4.98 Å². The number of aromatic amines is 1. The van der Waals surface area contributed by atoms with Crippen LogP contribution in [0.5, 0.6) is 5.75 Å². The standard InChI is InChI=1S/C8H7NO3.C2H6/c1-4-2-5(10)3-6-7(4)12-8(11)9-6;1-2/h2-3,10H,1H3,(H,9,11);1-2H3. The highest BCUT2D eigenvalue weighted by molar-refractivity contribution is 5.77. The number of aromatic hydroxyl groups is 1. The summed E-state index contributed by atoms with van der Waals surface area (Å²) in [6.07, 6.45) is 0. The Balaban J connectivity index is 0.000000461. The fourth-order valence-electron chi connectivity index (χ4n) is 1.21. The number of phenolic OH excluding ortho intramolecular Hbond substituents is 1. The molecule has 0 amide bonds. The van der Waals surface area contributed by atoms with Crippen molar-refractivity contribution in [2.45, 2.75) is 20.8 Å². The zero-order chi connectivity index (χ0) is 10.7. The highest BCUT2D eigenvalue weighted by atomic mass is 16.4. The summed E-state index contributed by atoms with van der Waals surface area (Å²) in [5.74, 6) is -0.379. The first-order chi connectivity index (χ1) is 6.66. The van der Waals surface area contributed by atoms with E-state index in [0.717, 1.165) is 5.56 Å². The summed E-state index contributed by atoms with van der Waals surface area (Å²) in [5, 5.41) is 9.16. The first kappa shape index (κ1) is 10.4. The van der Waals surface area contributed by atoms with E-state index in [1.54, 1.807) is 13.0 Å². The van der Waals surface area contributed by atoms with Gasteiger partial charge in [-0.3, -0.25) is 4.98 Å². The third-order valence-corrected chi connectivity index (χ3v) is 1.69. The van der Waals surface area contributed by atoms with Crippen molar-refractivity contribution in [2.75, 3.05) is 0 Å². The van der Waals surface area contributed by atoms with Gasteiger partial charge in [0.2, 0.25) is 0 Å². The molecule has 2 N–H and O–H groups in total. The van der Waals surface area contributed by atoms with E-state index in [9.17, 15) is 4.79 Å². The summed E-state index contributed by atoms with van der Waals surface area (Å²) in [4.78, 5) is 13.2. The summed E-state index contributed by atoms with van der Waals surface area (Å²) in [7, 11) is 0. The number of rotatable bonds is 0. The molecular weight excluding hydrogens is 182 g/mol. The second-order valence-corrected chi connectivity index (χ2v) is 2.65. The van der Waals surface area contributed by atoms with Gasteiger partial charge >= 0.3 is 5.76 Å². The normalized spacial score (nSPS) is 9.64. The average molecular weight is 195 g/mol. The summed E-state index contributed by atoms with van der Waals surface area (Å²) in [6, 6.07) is 2.99. The predicted octanol–water partition coefficient (Wildman–Crippen LogP) is 2.16. The van der Waals surface area contributed by atoms with E-state index in [0.29, 0.717) is 11.1 Å². The van der Waals surface area contributed by atoms with Crippen LogP contribution in [0.25, 0.3) is 11.1 Å². The number of nitrogens with one attached hydrogen (secondary N) is 1. The van der Waals surface area contributed by atoms with Crippen LogP contribution in [-0.2, 0) is 0 Å². The van der Waals surface area contributed by atoms with Crippen molar-refractivity contribution in [2.24, 2.45) is 0 Å². The predicted molar refractivity (Wildman–Crippen MR) is 54.6 cm³/mol. The molecule has 0 bridgehead atoms. The van der Waals surface area contributed by atoms with Crippen molar-refractivity contribution in [3.63, 3.8) is 0 Å². The third kappa shape index (κ3) is 1.79. The summed E-state index contributed by atoms with van der Waals surface area (Å²) in [6.45, 7) is 5.76. The first-order valence-corrected chi connectivity index (χ1v) is 4.49. The molecule has 0 aliphatic heterocycles. The molecule has 1 aromatic carbocycles. The van der Waals surface area contributed by atoms with E-state index >= 15 is 0 Å². The van der Waals surface area contributed by atoms with Gasteiger partial charge < -0.3 is 9.52 Å². The Kier molecular flexibility index (Phi) is 2.96. The second-order valence-electron chi connectivity index (χ2n) is 2.65. The van der Waals surface area contributed by atoms with Crippen LogP contribution in [0.3, 0.4) is 0 Å². The molecular formula is C10H13NO3. The molecule has 1 heterocycles. The van der Waals surface area contributed by atoms with Gasteiger partial charge in [-0.15, -0.1) is 0 Å². The summed E-state index contributed by atoms with van der Waals surface area (Å²) in [5.41, 5.74) is 1.76. The Morgan fingerprint density at radius 1 is 1.36 bits per heavy atom.